The number of likely N-dealkylation sites (tertiary alicyclic amines) is 1. The third-order valence-corrected chi connectivity index (χ3v) is 5.81. The maximum atomic E-state index is 5.71. The zero-order chi connectivity index (χ0) is 19.1. The third kappa shape index (κ3) is 5.46. The molecule has 7 nitrogen and oxygen atoms in total. The quantitative estimate of drug-likeness (QED) is 0.560. The first-order chi connectivity index (χ1) is 13.2. The van der Waals surface area contributed by atoms with Gasteiger partial charge in [0.15, 0.2) is 11.1 Å². The number of nitrogens with one attached hydrogen (secondary N) is 2. The van der Waals surface area contributed by atoms with Crippen LogP contribution in [0.15, 0.2) is 33.2 Å². The van der Waals surface area contributed by atoms with Crippen LogP contribution in [0.3, 0.4) is 0 Å². The first kappa shape index (κ1) is 19.7. The van der Waals surface area contributed by atoms with Crippen molar-refractivity contribution < 1.29 is 4.42 Å². The van der Waals surface area contributed by atoms with Gasteiger partial charge in [-0.1, -0.05) is 6.42 Å². The van der Waals surface area contributed by atoms with Gasteiger partial charge in [-0.3, -0.25) is 9.89 Å². The number of furan rings is 1. The molecule has 3 heterocycles. The Morgan fingerprint density at radius 1 is 1.33 bits per heavy atom. The average Bonchev–Trinajstić information content (AvgIpc) is 3.37. The summed E-state index contributed by atoms with van der Waals surface area (Å²) in [5, 5.41) is 9.90. The molecule has 1 unspecified atom stereocenters. The van der Waals surface area contributed by atoms with Gasteiger partial charge < -0.3 is 20.0 Å². The predicted molar refractivity (Wildman–Crippen MR) is 112 cm³/mol. The minimum atomic E-state index is 0.221. The van der Waals surface area contributed by atoms with E-state index in [0.29, 0.717) is 6.54 Å². The summed E-state index contributed by atoms with van der Waals surface area (Å²) in [7, 11) is 5.81. The molecule has 0 amide bonds. The van der Waals surface area contributed by atoms with Crippen LogP contribution in [0.4, 0.5) is 5.13 Å². The zero-order valence-electron chi connectivity index (χ0n) is 16.4. The maximum Gasteiger partial charge on any atom is 0.191 e. The fraction of sp³-hybridized carbons (Fsp3) is 0.579. The van der Waals surface area contributed by atoms with Crippen LogP contribution in [0.25, 0.3) is 0 Å². The minimum absolute atomic E-state index is 0.221. The third-order valence-electron chi connectivity index (χ3n) is 4.75. The van der Waals surface area contributed by atoms with Gasteiger partial charge in [0, 0.05) is 33.1 Å². The van der Waals surface area contributed by atoms with Crippen LogP contribution >= 0.6 is 11.3 Å². The van der Waals surface area contributed by atoms with Crippen molar-refractivity contribution in [2.45, 2.75) is 31.8 Å². The summed E-state index contributed by atoms with van der Waals surface area (Å²) < 4.78 is 5.71. The van der Waals surface area contributed by atoms with Crippen molar-refractivity contribution in [3.63, 3.8) is 0 Å². The highest BCUT2D eigenvalue weighted by molar-refractivity contribution is 7.13. The van der Waals surface area contributed by atoms with Crippen molar-refractivity contribution in [1.29, 1.82) is 0 Å². The molecule has 2 N–H and O–H groups in total. The largest absolute Gasteiger partial charge is 0.468 e. The number of hydrogen-bond acceptors (Lipinski definition) is 6. The Morgan fingerprint density at radius 2 is 2.15 bits per heavy atom. The number of nitrogens with zero attached hydrogens (tertiary/aromatic N) is 4. The average molecular weight is 391 g/mol. The molecule has 2 aromatic heterocycles. The lowest BCUT2D eigenvalue weighted by atomic mass is 10.1. The number of piperidine rings is 1. The second kappa shape index (κ2) is 9.75. The van der Waals surface area contributed by atoms with E-state index in [1.54, 1.807) is 24.6 Å². The molecular formula is C19H30N6OS. The van der Waals surface area contributed by atoms with E-state index in [2.05, 4.69) is 37.0 Å². The summed E-state index contributed by atoms with van der Waals surface area (Å²) in [5.74, 6) is 1.79. The molecule has 0 aromatic carbocycles. The van der Waals surface area contributed by atoms with Crippen molar-refractivity contribution in [3.8, 4) is 0 Å². The van der Waals surface area contributed by atoms with Gasteiger partial charge in [0.1, 0.15) is 5.76 Å². The molecule has 27 heavy (non-hydrogen) atoms. The molecule has 1 saturated heterocycles. The van der Waals surface area contributed by atoms with Gasteiger partial charge in [-0.15, -0.1) is 11.3 Å². The number of hydrogen-bond donors (Lipinski definition) is 2. The SMILES string of the molecule is CN=C(NCc1csc(N(C)C)n1)NCC(c1ccco1)N1CCCCC1. The van der Waals surface area contributed by atoms with E-state index >= 15 is 0 Å². The van der Waals surface area contributed by atoms with Crippen LogP contribution < -0.4 is 15.5 Å². The Labute approximate surface area is 165 Å². The van der Waals surface area contributed by atoms with Crippen molar-refractivity contribution in [1.82, 2.24) is 20.5 Å². The summed E-state index contributed by atoms with van der Waals surface area (Å²) in [4.78, 5) is 13.5. The lowest BCUT2D eigenvalue weighted by Crippen LogP contribution is -2.44. The Balaban J connectivity index is 1.55. The van der Waals surface area contributed by atoms with Gasteiger partial charge in [0.05, 0.1) is 24.5 Å². The number of aliphatic imine (C=N–C) groups is 1. The van der Waals surface area contributed by atoms with Crippen molar-refractivity contribution >= 4 is 22.4 Å². The molecule has 1 atom stereocenters. The zero-order valence-corrected chi connectivity index (χ0v) is 17.3. The summed E-state index contributed by atoms with van der Waals surface area (Å²) in [6, 6.07) is 4.25. The smallest absolute Gasteiger partial charge is 0.191 e. The highest BCUT2D eigenvalue weighted by Gasteiger charge is 2.24. The number of aromatic nitrogens is 1. The number of guanidine groups is 1. The van der Waals surface area contributed by atoms with E-state index in [9.17, 15) is 0 Å². The lowest BCUT2D eigenvalue weighted by Gasteiger charge is -2.33. The van der Waals surface area contributed by atoms with Crippen LogP contribution in [0.2, 0.25) is 0 Å². The van der Waals surface area contributed by atoms with E-state index in [1.165, 1.54) is 19.3 Å². The molecule has 0 saturated carbocycles. The number of anilines is 1. The van der Waals surface area contributed by atoms with Crippen molar-refractivity contribution in [2.24, 2.45) is 4.99 Å². The summed E-state index contributed by atoms with van der Waals surface area (Å²) in [6.07, 6.45) is 5.58. The highest BCUT2D eigenvalue weighted by atomic mass is 32.1. The monoisotopic (exact) mass is 390 g/mol. The maximum absolute atomic E-state index is 5.71. The standard InChI is InChI=1S/C19H30N6OS/c1-20-18(21-12-15-14-27-19(23-15)24(2)3)22-13-16(17-8-7-11-26-17)25-9-5-4-6-10-25/h7-8,11,14,16H,4-6,9-10,12-13H2,1-3H3,(H2,20,21,22). The second-order valence-corrected chi connectivity index (χ2v) is 7.79. The van der Waals surface area contributed by atoms with Crippen LogP contribution in [-0.4, -0.2) is 56.6 Å². The van der Waals surface area contributed by atoms with E-state index < -0.39 is 0 Å². The Hall–Kier alpha value is -2.06. The lowest BCUT2D eigenvalue weighted by molar-refractivity contribution is 0.146. The molecule has 2 aromatic rings. The Kier molecular flexibility index (Phi) is 7.11. The normalized spacial score (nSPS) is 16.9. The number of rotatable bonds is 7. The highest BCUT2D eigenvalue weighted by Crippen LogP contribution is 2.24. The van der Waals surface area contributed by atoms with E-state index in [0.717, 1.165) is 42.2 Å². The molecule has 0 spiro atoms. The molecule has 3 rings (SSSR count). The van der Waals surface area contributed by atoms with E-state index in [4.69, 9.17) is 4.42 Å². The van der Waals surface area contributed by atoms with Gasteiger partial charge in [-0.2, -0.15) is 0 Å². The molecule has 1 fully saturated rings. The first-order valence-corrected chi connectivity index (χ1v) is 10.4. The van der Waals surface area contributed by atoms with Crippen molar-refractivity contribution in [2.75, 3.05) is 45.7 Å². The van der Waals surface area contributed by atoms with Gasteiger partial charge >= 0.3 is 0 Å². The van der Waals surface area contributed by atoms with Crippen molar-refractivity contribution in [3.05, 3.63) is 35.2 Å². The molecular weight excluding hydrogens is 360 g/mol. The second-order valence-electron chi connectivity index (χ2n) is 6.95. The van der Waals surface area contributed by atoms with Gasteiger partial charge in [-0.25, -0.2) is 4.98 Å². The Morgan fingerprint density at radius 3 is 2.78 bits per heavy atom. The first-order valence-electron chi connectivity index (χ1n) is 9.51. The molecule has 0 bridgehead atoms. The van der Waals surface area contributed by atoms with Crippen LogP contribution in [0.5, 0.6) is 0 Å². The van der Waals surface area contributed by atoms with Gasteiger partial charge in [-0.05, 0) is 38.1 Å². The fourth-order valence-electron chi connectivity index (χ4n) is 3.29. The van der Waals surface area contributed by atoms with Crippen LogP contribution in [0.1, 0.15) is 36.8 Å². The summed E-state index contributed by atoms with van der Waals surface area (Å²) >= 11 is 1.65. The molecule has 1 aliphatic heterocycles. The fourth-order valence-corrected chi connectivity index (χ4v) is 4.05. The van der Waals surface area contributed by atoms with Gasteiger partial charge in [0.2, 0.25) is 0 Å². The van der Waals surface area contributed by atoms with Gasteiger partial charge in [0.25, 0.3) is 0 Å². The minimum Gasteiger partial charge on any atom is -0.468 e. The van der Waals surface area contributed by atoms with E-state index in [-0.39, 0.29) is 6.04 Å². The number of thiazole rings is 1. The molecule has 8 heteroatoms. The molecule has 1 aliphatic rings. The van der Waals surface area contributed by atoms with Crippen LogP contribution in [0, 0.1) is 0 Å². The predicted octanol–water partition coefficient (Wildman–Crippen LogP) is 2.69. The van der Waals surface area contributed by atoms with E-state index in [1.807, 2.05) is 25.1 Å². The van der Waals surface area contributed by atoms with Crippen LogP contribution in [-0.2, 0) is 6.54 Å². The molecule has 0 radical (unpaired) electrons. The summed E-state index contributed by atoms with van der Waals surface area (Å²) in [6.45, 7) is 3.64. The molecule has 148 valence electrons. The Bertz CT molecular complexity index is 706. The molecule has 0 aliphatic carbocycles. The topological polar surface area (TPSA) is 68.9 Å². The summed E-state index contributed by atoms with van der Waals surface area (Å²) in [5.41, 5.74) is 1.02.